The van der Waals surface area contributed by atoms with Crippen LogP contribution in [0, 0.1) is 13.8 Å². The van der Waals surface area contributed by atoms with Gasteiger partial charge in [-0.25, -0.2) is 4.79 Å². The van der Waals surface area contributed by atoms with Crippen molar-refractivity contribution >= 4 is 35.5 Å². The molecule has 1 aliphatic rings. The highest BCUT2D eigenvalue weighted by atomic mass is 16.5. The number of ether oxygens (including phenoxy) is 1. The zero-order chi connectivity index (χ0) is 21.0. The monoisotopic (exact) mass is 393 g/mol. The van der Waals surface area contributed by atoms with Crippen molar-refractivity contribution in [2.45, 2.75) is 13.8 Å². The van der Waals surface area contributed by atoms with Gasteiger partial charge in [0.15, 0.2) is 6.61 Å². The molecule has 1 heterocycles. The van der Waals surface area contributed by atoms with E-state index < -0.39 is 17.8 Å². The molecule has 0 aliphatic carbocycles. The molecular formula is C21H19N3O5. The lowest BCUT2D eigenvalue weighted by atomic mass is 10.1. The second-order valence-electron chi connectivity index (χ2n) is 6.52. The molecule has 0 aromatic heterocycles. The smallest absolute Gasteiger partial charge is 0.328 e. The van der Waals surface area contributed by atoms with E-state index in [1.165, 1.54) is 6.08 Å². The summed E-state index contributed by atoms with van der Waals surface area (Å²) < 4.78 is 5.51. The third-order valence-corrected chi connectivity index (χ3v) is 4.14. The first-order valence-corrected chi connectivity index (χ1v) is 8.80. The van der Waals surface area contributed by atoms with Gasteiger partial charge in [-0.05, 0) is 49.2 Å². The first-order valence-electron chi connectivity index (χ1n) is 8.80. The maximum absolute atomic E-state index is 12.2. The molecule has 0 radical (unpaired) electrons. The van der Waals surface area contributed by atoms with Crippen LogP contribution in [0.5, 0.6) is 5.75 Å². The van der Waals surface area contributed by atoms with E-state index in [9.17, 15) is 19.2 Å². The fraction of sp³-hybridized carbons (Fsp3) is 0.143. The van der Waals surface area contributed by atoms with Crippen molar-refractivity contribution in [2.75, 3.05) is 11.9 Å². The molecule has 3 rings (SSSR count). The van der Waals surface area contributed by atoms with Gasteiger partial charge in [0.2, 0.25) is 0 Å². The van der Waals surface area contributed by atoms with Crippen molar-refractivity contribution in [1.29, 1.82) is 0 Å². The molecule has 3 N–H and O–H groups in total. The maximum atomic E-state index is 12.2. The molecule has 0 atom stereocenters. The summed E-state index contributed by atoms with van der Waals surface area (Å²) in [5.41, 5.74) is 3.08. The first-order chi connectivity index (χ1) is 13.8. The van der Waals surface area contributed by atoms with Gasteiger partial charge in [0.1, 0.15) is 11.3 Å². The molecule has 148 valence electrons. The van der Waals surface area contributed by atoms with Crippen molar-refractivity contribution in [1.82, 2.24) is 10.6 Å². The molecule has 1 fully saturated rings. The molecule has 8 nitrogen and oxygen atoms in total. The van der Waals surface area contributed by atoms with Crippen LogP contribution in [-0.4, -0.2) is 30.4 Å². The Hall–Kier alpha value is -3.94. The number of imide groups is 2. The van der Waals surface area contributed by atoms with Crippen LogP contribution >= 0.6 is 0 Å². The lowest BCUT2D eigenvalue weighted by molar-refractivity contribution is -0.124. The number of hydrogen-bond donors (Lipinski definition) is 3. The molecular weight excluding hydrogens is 374 g/mol. The van der Waals surface area contributed by atoms with Gasteiger partial charge >= 0.3 is 6.03 Å². The number of nitrogens with one attached hydrogen (secondary N) is 3. The van der Waals surface area contributed by atoms with Crippen LogP contribution in [0.2, 0.25) is 0 Å². The number of urea groups is 1. The molecule has 5 amide bonds. The second-order valence-corrected chi connectivity index (χ2v) is 6.52. The van der Waals surface area contributed by atoms with Gasteiger partial charge in [-0.15, -0.1) is 0 Å². The third-order valence-electron chi connectivity index (χ3n) is 4.14. The van der Waals surface area contributed by atoms with Gasteiger partial charge in [-0.1, -0.05) is 29.8 Å². The maximum Gasteiger partial charge on any atom is 0.328 e. The molecule has 8 heteroatoms. The molecule has 0 spiro atoms. The summed E-state index contributed by atoms with van der Waals surface area (Å²) in [6.45, 7) is 3.68. The van der Waals surface area contributed by atoms with Gasteiger partial charge in [-0.3, -0.25) is 25.0 Å². The standard InChI is InChI=1S/C21H19N3O5/c1-12-6-7-17(13(2)8-12)22-18(25)11-29-15-5-3-4-14(9-15)10-16-19(26)23-21(28)24-20(16)27/h3-10H,11H2,1-2H3,(H,22,25)(H2,23,24,26,27,28). The highest BCUT2D eigenvalue weighted by Crippen LogP contribution is 2.18. The SMILES string of the molecule is Cc1ccc(NC(=O)COc2cccc(C=C3C(=O)NC(=O)NC3=O)c2)c(C)c1. The van der Waals surface area contributed by atoms with E-state index in [1.807, 2.05) is 42.7 Å². The topological polar surface area (TPSA) is 114 Å². The van der Waals surface area contributed by atoms with E-state index in [0.717, 1.165) is 11.1 Å². The van der Waals surface area contributed by atoms with E-state index in [2.05, 4.69) is 5.32 Å². The summed E-state index contributed by atoms with van der Waals surface area (Å²) >= 11 is 0. The van der Waals surface area contributed by atoms with Crippen LogP contribution in [0.1, 0.15) is 16.7 Å². The summed E-state index contributed by atoms with van der Waals surface area (Å²) in [5, 5.41) is 6.80. The van der Waals surface area contributed by atoms with E-state index in [1.54, 1.807) is 24.3 Å². The average Bonchev–Trinajstić information content (AvgIpc) is 2.66. The van der Waals surface area contributed by atoms with Crippen LogP contribution in [0.25, 0.3) is 6.08 Å². The fourth-order valence-electron chi connectivity index (χ4n) is 2.76. The van der Waals surface area contributed by atoms with E-state index >= 15 is 0 Å². The Morgan fingerprint density at radius 1 is 1.03 bits per heavy atom. The number of carbonyl (C=O) groups is 4. The minimum atomic E-state index is -0.857. The summed E-state index contributed by atoms with van der Waals surface area (Å²) in [4.78, 5) is 46.9. The number of barbiturate groups is 1. The predicted molar refractivity (Wildman–Crippen MR) is 106 cm³/mol. The summed E-state index contributed by atoms with van der Waals surface area (Å²) in [5.74, 6) is -1.48. The van der Waals surface area contributed by atoms with Crippen molar-refractivity contribution in [3.63, 3.8) is 0 Å². The Kier molecular flexibility index (Phi) is 5.73. The summed E-state index contributed by atoms with van der Waals surface area (Å²) in [7, 11) is 0. The minimum absolute atomic E-state index is 0.200. The van der Waals surface area contributed by atoms with Crippen LogP contribution in [-0.2, 0) is 14.4 Å². The number of anilines is 1. The van der Waals surface area contributed by atoms with Crippen LogP contribution in [0.4, 0.5) is 10.5 Å². The van der Waals surface area contributed by atoms with Gasteiger partial charge in [0.25, 0.3) is 17.7 Å². The van der Waals surface area contributed by atoms with E-state index in [4.69, 9.17) is 4.74 Å². The average molecular weight is 393 g/mol. The Morgan fingerprint density at radius 2 is 1.76 bits per heavy atom. The van der Waals surface area contributed by atoms with Gasteiger partial charge < -0.3 is 10.1 Å². The molecule has 0 saturated carbocycles. The Bertz CT molecular complexity index is 1020. The van der Waals surface area contributed by atoms with Gasteiger partial charge in [0, 0.05) is 5.69 Å². The normalized spacial score (nSPS) is 13.4. The number of rotatable bonds is 5. The van der Waals surface area contributed by atoms with E-state index in [0.29, 0.717) is 17.0 Å². The highest BCUT2D eigenvalue weighted by molar-refractivity contribution is 6.31. The Balaban J connectivity index is 1.65. The molecule has 0 unspecified atom stereocenters. The summed E-state index contributed by atoms with van der Waals surface area (Å²) in [6.07, 6.45) is 1.33. The molecule has 29 heavy (non-hydrogen) atoms. The number of benzene rings is 2. The number of hydrogen-bond acceptors (Lipinski definition) is 5. The highest BCUT2D eigenvalue weighted by Gasteiger charge is 2.27. The molecule has 1 aliphatic heterocycles. The molecule has 2 aromatic carbocycles. The van der Waals surface area contributed by atoms with Crippen molar-refractivity contribution in [2.24, 2.45) is 0 Å². The predicted octanol–water partition coefficient (Wildman–Crippen LogP) is 2.07. The number of aryl methyl sites for hydroxylation is 2. The van der Waals surface area contributed by atoms with Crippen molar-refractivity contribution in [3.05, 3.63) is 64.7 Å². The third kappa shape index (κ3) is 5.07. The summed E-state index contributed by atoms with van der Waals surface area (Å²) in [6, 6.07) is 11.4. The fourth-order valence-corrected chi connectivity index (χ4v) is 2.76. The van der Waals surface area contributed by atoms with Crippen LogP contribution in [0.3, 0.4) is 0 Å². The lowest BCUT2D eigenvalue weighted by Crippen LogP contribution is -2.51. The zero-order valence-corrected chi connectivity index (χ0v) is 15.9. The van der Waals surface area contributed by atoms with Gasteiger partial charge in [-0.2, -0.15) is 0 Å². The Labute approximate surface area is 166 Å². The van der Waals surface area contributed by atoms with Gasteiger partial charge in [0.05, 0.1) is 0 Å². The van der Waals surface area contributed by atoms with Crippen LogP contribution < -0.4 is 20.7 Å². The zero-order valence-electron chi connectivity index (χ0n) is 15.9. The first kappa shape index (κ1) is 19.8. The second kappa shape index (κ2) is 8.39. The van der Waals surface area contributed by atoms with E-state index in [-0.39, 0.29) is 18.1 Å². The van der Waals surface area contributed by atoms with Crippen molar-refractivity contribution in [3.8, 4) is 5.75 Å². The molecule has 0 bridgehead atoms. The quantitative estimate of drug-likeness (QED) is 0.532. The van der Waals surface area contributed by atoms with Crippen LogP contribution in [0.15, 0.2) is 48.0 Å². The largest absolute Gasteiger partial charge is 0.484 e. The lowest BCUT2D eigenvalue weighted by Gasteiger charge is -2.14. The van der Waals surface area contributed by atoms with Crippen molar-refractivity contribution < 1.29 is 23.9 Å². The molecule has 2 aromatic rings. The minimum Gasteiger partial charge on any atom is -0.484 e. The molecule has 1 saturated heterocycles. The number of carbonyl (C=O) groups excluding carboxylic acids is 4. The Morgan fingerprint density at radius 3 is 2.45 bits per heavy atom. The number of amides is 5.